The van der Waals surface area contributed by atoms with Gasteiger partial charge in [0.25, 0.3) is 0 Å². The van der Waals surface area contributed by atoms with Crippen LogP contribution in [0.3, 0.4) is 0 Å². The zero-order chi connectivity index (χ0) is 23.8. The van der Waals surface area contributed by atoms with Crippen molar-refractivity contribution < 1.29 is 18.0 Å². The second-order valence-corrected chi connectivity index (χ2v) is 12.6. The predicted molar refractivity (Wildman–Crippen MR) is 130 cm³/mol. The van der Waals surface area contributed by atoms with Crippen LogP contribution in [0.4, 0.5) is 16.2 Å². The van der Waals surface area contributed by atoms with Gasteiger partial charge in [0, 0.05) is 41.5 Å². The number of anilines is 2. The summed E-state index contributed by atoms with van der Waals surface area (Å²) in [6, 6.07) is 13.8. The van der Waals surface area contributed by atoms with Crippen LogP contribution in [0.5, 0.6) is 0 Å². The molecular formula is C23H30N4O4S2. The highest BCUT2D eigenvalue weighted by Gasteiger charge is 2.34. The zero-order valence-electron chi connectivity index (χ0n) is 19.3. The molecule has 2 aromatic rings. The number of hydrogen-bond acceptors (Lipinski definition) is 7. The minimum atomic E-state index is -3.57. The molecule has 178 valence electrons. The average molecular weight is 491 g/mol. The lowest BCUT2D eigenvalue weighted by Gasteiger charge is -2.34. The molecule has 33 heavy (non-hydrogen) atoms. The van der Waals surface area contributed by atoms with Crippen LogP contribution in [0.25, 0.3) is 0 Å². The van der Waals surface area contributed by atoms with Crippen molar-refractivity contribution in [2.24, 2.45) is 0 Å². The van der Waals surface area contributed by atoms with Crippen LogP contribution in [-0.2, 0) is 14.9 Å². The lowest BCUT2D eigenvalue weighted by molar-refractivity contribution is -0.116. The summed E-state index contributed by atoms with van der Waals surface area (Å²) in [5, 5.41) is 6.97. The lowest BCUT2D eigenvalue weighted by Crippen LogP contribution is -2.51. The molecule has 0 bridgehead atoms. The van der Waals surface area contributed by atoms with E-state index in [0.29, 0.717) is 13.1 Å². The molecule has 1 fully saturated rings. The van der Waals surface area contributed by atoms with E-state index >= 15 is 0 Å². The molecule has 4 rings (SSSR count). The molecule has 1 unspecified atom stereocenters. The zero-order valence-corrected chi connectivity index (χ0v) is 20.9. The van der Waals surface area contributed by atoms with E-state index in [1.165, 1.54) is 9.37 Å². The minimum Gasteiger partial charge on any atom is -0.354 e. The quantitative estimate of drug-likeness (QED) is 0.562. The van der Waals surface area contributed by atoms with E-state index in [2.05, 4.69) is 16.7 Å². The van der Waals surface area contributed by atoms with Crippen molar-refractivity contribution in [3.05, 3.63) is 48.0 Å². The normalized spacial score (nSPS) is 17.9. The van der Waals surface area contributed by atoms with Crippen molar-refractivity contribution in [1.82, 2.24) is 14.7 Å². The van der Waals surface area contributed by atoms with Gasteiger partial charge in [0.2, 0.25) is 10.0 Å². The summed E-state index contributed by atoms with van der Waals surface area (Å²) in [7, 11) is -3.57. The van der Waals surface area contributed by atoms with Crippen LogP contribution in [0.1, 0.15) is 38.5 Å². The first-order valence-corrected chi connectivity index (χ1v) is 13.3. The van der Waals surface area contributed by atoms with Crippen molar-refractivity contribution in [2.75, 3.05) is 31.5 Å². The van der Waals surface area contributed by atoms with Crippen LogP contribution in [-0.4, -0.2) is 55.6 Å². The van der Waals surface area contributed by atoms with E-state index in [1.54, 1.807) is 18.7 Å². The molecule has 0 radical (unpaired) electrons. The maximum absolute atomic E-state index is 13.3. The number of hydrogen-bond donors (Lipinski definition) is 2. The smallest absolute Gasteiger partial charge is 0.354 e. The van der Waals surface area contributed by atoms with Crippen LogP contribution in [0.2, 0.25) is 0 Å². The molecule has 8 nitrogen and oxygen atoms in total. The third kappa shape index (κ3) is 5.46. The van der Waals surface area contributed by atoms with E-state index in [-0.39, 0.29) is 13.1 Å². The van der Waals surface area contributed by atoms with Crippen LogP contribution in [0.15, 0.2) is 52.3 Å². The summed E-state index contributed by atoms with van der Waals surface area (Å²) < 4.78 is 28.1. The molecule has 0 spiro atoms. The first kappa shape index (κ1) is 23.9. The monoisotopic (exact) mass is 490 g/mol. The Labute approximate surface area is 199 Å². The Bertz CT molecular complexity index is 1140. The van der Waals surface area contributed by atoms with Crippen molar-refractivity contribution in [3.8, 4) is 0 Å². The Morgan fingerprint density at radius 3 is 2.42 bits per heavy atom. The molecule has 10 heteroatoms. The highest BCUT2D eigenvalue weighted by molar-refractivity contribution is 7.99. The van der Waals surface area contributed by atoms with Gasteiger partial charge < -0.3 is 15.5 Å². The highest BCUT2D eigenvalue weighted by atomic mass is 32.2. The van der Waals surface area contributed by atoms with Gasteiger partial charge in [-0.1, -0.05) is 30.0 Å². The maximum atomic E-state index is 13.3. The number of nitrogens with one attached hydrogen (secondary N) is 2. The number of nitrogens with zero attached hydrogens (tertiary/aromatic N) is 2. The predicted octanol–water partition coefficient (Wildman–Crippen LogP) is 4.34. The summed E-state index contributed by atoms with van der Waals surface area (Å²) in [6.07, 6.45) is -0.534. The number of carbonyl (C=O) groups excluding carboxylic acids is 1. The van der Waals surface area contributed by atoms with Crippen LogP contribution < -0.4 is 10.6 Å². The summed E-state index contributed by atoms with van der Waals surface area (Å²) >= 11 is 1.67. The van der Waals surface area contributed by atoms with Crippen LogP contribution >= 0.6 is 11.8 Å². The summed E-state index contributed by atoms with van der Waals surface area (Å²) in [5.74, 6) is 0. The second kappa shape index (κ2) is 9.17. The first-order chi connectivity index (χ1) is 15.5. The Kier molecular flexibility index (Phi) is 6.63. The number of fused-ring (bicyclic) bond motifs is 2. The number of sulfonamides is 1. The van der Waals surface area contributed by atoms with Gasteiger partial charge in [-0.05, 0) is 57.5 Å². The minimum absolute atomic E-state index is 0.266. The number of amides is 1. The number of carbonyl (C=O) groups is 1. The van der Waals surface area contributed by atoms with Gasteiger partial charge in [-0.25, -0.2) is 13.2 Å². The third-order valence-electron chi connectivity index (χ3n) is 5.54. The van der Waals surface area contributed by atoms with Gasteiger partial charge in [0.15, 0.2) is 0 Å². The molecule has 0 aromatic heterocycles. The fraction of sp³-hybridized carbons (Fsp3) is 0.435. The molecule has 1 atom stereocenters. The van der Waals surface area contributed by atoms with Crippen LogP contribution in [0, 0.1) is 0 Å². The van der Waals surface area contributed by atoms with Gasteiger partial charge >= 0.3 is 6.09 Å². The molecule has 2 aromatic carbocycles. The molecule has 1 amide bonds. The van der Waals surface area contributed by atoms with E-state index in [0.717, 1.165) is 26.7 Å². The van der Waals surface area contributed by atoms with Gasteiger partial charge in [0.1, 0.15) is 0 Å². The van der Waals surface area contributed by atoms with Crippen molar-refractivity contribution >= 4 is 39.3 Å². The van der Waals surface area contributed by atoms with E-state index in [4.69, 9.17) is 4.84 Å². The second-order valence-electron chi connectivity index (χ2n) is 9.25. The Morgan fingerprint density at radius 2 is 1.73 bits per heavy atom. The largest absolute Gasteiger partial charge is 0.426 e. The summed E-state index contributed by atoms with van der Waals surface area (Å²) in [5.41, 5.74) is 2.28. The molecule has 2 N–H and O–H groups in total. The molecular weight excluding hydrogens is 460 g/mol. The lowest BCUT2D eigenvalue weighted by atomic mass is 10.1. The van der Waals surface area contributed by atoms with Crippen molar-refractivity contribution in [2.45, 2.75) is 48.3 Å². The fourth-order valence-electron chi connectivity index (χ4n) is 3.77. The molecule has 2 heterocycles. The number of piperazine rings is 1. The number of rotatable bonds is 4. The topological polar surface area (TPSA) is 91.0 Å². The standard InChI is InChI=1S/C23H30N4O4S2/c1-16(17-9-10-21-19(15-17)24-18-7-5-6-8-20(18)32-21)33(29,30)27-13-11-26(12-14-27)31-22(28)25-23(2,3)4/h5-10,15-16,24H,11-14H2,1-4H3,(H,25,28). The Morgan fingerprint density at radius 1 is 1.06 bits per heavy atom. The van der Waals surface area contributed by atoms with E-state index in [1.807, 2.05) is 57.2 Å². The molecule has 1 saturated heterocycles. The van der Waals surface area contributed by atoms with E-state index in [9.17, 15) is 13.2 Å². The Balaban J connectivity index is 1.40. The maximum Gasteiger partial charge on any atom is 0.426 e. The average Bonchev–Trinajstić information content (AvgIpc) is 2.75. The van der Waals surface area contributed by atoms with Gasteiger partial charge in [-0.2, -0.15) is 4.31 Å². The molecule has 2 aliphatic rings. The van der Waals surface area contributed by atoms with Crippen molar-refractivity contribution in [3.63, 3.8) is 0 Å². The van der Waals surface area contributed by atoms with Gasteiger partial charge in [-0.3, -0.25) is 0 Å². The number of hydroxylamine groups is 2. The molecule has 0 saturated carbocycles. The highest BCUT2D eigenvalue weighted by Crippen LogP contribution is 2.45. The number of para-hydroxylation sites is 1. The third-order valence-corrected chi connectivity index (χ3v) is 8.95. The van der Waals surface area contributed by atoms with Gasteiger partial charge in [-0.15, -0.1) is 5.06 Å². The fourth-order valence-corrected chi connectivity index (χ4v) is 6.35. The van der Waals surface area contributed by atoms with E-state index < -0.39 is 26.9 Å². The number of benzene rings is 2. The molecule has 2 aliphatic heterocycles. The summed E-state index contributed by atoms with van der Waals surface area (Å²) in [4.78, 5) is 19.5. The molecule has 0 aliphatic carbocycles. The Hall–Kier alpha value is -2.27. The van der Waals surface area contributed by atoms with Gasteiger partial charge in [0.05, 0.1) is 16.6 Å². The summed E-state index contributed by atoms with van der Waals surface area (Å²) in [6.45, 7) is 8.51. The first-order valence-electron chi connectivity index (χ1n) is 10.9. The SMILES string of the molecule is CC(c1ccc2c(c1)Nc1ccccc1S2)S(=O)(=O)N1CCN(OC(=O)NC(C)(C)C)CC1. The van der Waals surface area contributed by atoms with Crippen molar-refractivity contribution in [1.29, 1.82) is 0 Å².